The number of benzene rings is 1. The fraction of sp³-hybridized carbons (Fsp3) is 0.500. The second kappa shape index (κ2) is 8.48. The largest absolute Gasteiger partial charge is 0.396 e. The van der Waals surface area contributed by atoms with Crippen molar-refractivity contribution in [1.29, 1.82) is 0 Å². The van der Waals surface area contributed by atoms with Crippen LogP contribution in [0.15, 0.2) is 24.3 Å². The zero-order chi connectivity index (χ0) is 14.1. The molecule has 0 aromatic heterocycles. The molecule has 1 rings (SSSR count). The summed E-state index contributed by atoms with van der Waals surface area (Å²) < 4.78 is 13.3. The molecule has 1 unspecified atom stereocenters. The van der Waals surface area contributed by atoms with E-state index in [-0.39, 0.29) is 24.5 Å². The van der Waals surface area contributed by atoms with Crippen LogP contribution in [0.2, 0.25) is 0 Å². The van der Waals surface area contributed by atoms with E-state index in [4.69, 9.17) is 5.11 Å². The number of rotatable bonds is 7. The Morgan fingerprint density at radius 1 is 1.42 bits per heavy atom. The Kier molecular flexibility index (Phi) is 6.89. The molecule has 0 saturated carbocycles. The summed E-state index contributed by atoms with van der Waals surface area (Å²) in [6.45, 7) is 2.40. The second-order valence-corrected chi connectivity index (χ2v) is 4.51. The molecule has 0 bridgehead atoms. The monoisotopic (exact) mass is 268 g/mol. The first kappa shape index (κ1) is 15.4. The number of urea groups is 1. The van der Waals surface area contributed by atoms with Crippen molar-refractivity contribution in [3.8, 4) is 0 Å². The van der Waals surface area contributed by atoms with E-state index in [1.54, 1.807) is 18.2 Å². The van der Waals surface area contributed by atoms with Crippen LogP contribution in [0, 0.1) is 5.82 Å². The Morgan fingerprint density at radius 2 is 2.16 bits per heavy atom. The predicted molar refractivity (Wildman–Crippen MR) is 72.4 cm³/mol. The summed E-state index contributed by atoms with van der Waals surface area (Å²) in [7, 11) is 0. The van der Waals surface area contributed by atoms with Gasteiger partial charge in [0.15, 0.2) is 0 Å². The summed E-state index contributed by atoms with van der Waals surface area (Å²) in [5.74, 6) is -0.249. The average Bonchev–Trinajstić information content (AvgIpc) is 2.38. The van der Waals surface area contributed by atoms with Gasteiger partial charge in [-0.1, -0.05) is 18.2 Å². The van der Waals surface area contributed by atoms with E-state index < -0.39 is 0 Å². The highest BCUT2D eigenvalue weighted by atomic mass is 19.1. The summed E-state index contributed by atoms with van der Waals surface area (Å²) >= 11 is 0. The van der Waals surface area contributed by atoms with Crippen molar-refractivity contribution in [2.24, 2.45) is 0 Å². The second-order valence-electron chi connectivity index (χ2n) is 4.51. The molecule has 106 valence electrons. The molecular formula is C14H21FN2O2. The number of aliphatic hydroxyl groups is 1. The van der Waals surface area contributed by atoms with E-state index in [0.717, 1.165) is 6.42 Å². The number of nitrogens with one attached hydrogen (secondary N) is 2. The fourth-order valence-corrected chi connectivity index (χ4v) is 1.76. The zero-order valence-corrected chi connectivity index (χ0v) is 11.2. The van der Waals surface area contributed by atoms with Crippen molar-refractivity contribution in [1.82, 2.24) is 10.6 Å². The molecule has 4 nitrogen and oxygen atoms in total. The van der Waals surface area contributed by atoms with E-state index in [1.165, 1.54) is 6.07 Å². The van der Waals surface area contributed by atoms with Gasteiger partial charge in [0.25, 0.3) is 0 Å². The molecule has 5 heteroatoms. The normalized spacial score (nSPS) is 11.9. The molecule has 3 N–H and O–H groups in total. The third kappa shape index (κ3) is 6.20. The quantitative estimate of drug-likeness (QED) is 0.706. The van der Waals surface area contributed by atoms with Crippen molar-refractivity contribution < 1.29 is 14.3 Å². The summed E-state index contributed by atoms with van der Waals surface area (Å²) in [6, 6.07) is 6.28. The molecule has 0 aliphatic rings. The zero-order valence-electron chi connectivity index (χ0n) is 11.2. The van der Waals surface area contributed by atoms with Crippen molar-refractivity contribution in [2.75, 3.05) is 13.2 Å². The maximum atomic E-state index is 13.3. The number of aliphatic hydroxyl groups excluding tert-OH is 1. The van der Waals surface area contributed by atoms with Crippen LogP contribution in [0.3, 0.4) is 0 Å². The molecular weight excluding hydrogens is 247 g/mol. The number of halogens is 1. The van der Waals surface area contributed by atoms with E-state index in [2.05, 4.69) is 10.6 Å². The molecule has 0 aliphatic carbocycles. The Hall–Kier alpha value is -1.62. The minimum atomic E-state index is -0.262. The van der Waals surface area contributed by atoms with Crippen LogP contribution in [0.5, 0.6) is 0 Å². The van der Waals surface area contributed by atoms with Gasteiger partial charge in [-0.05, 0) is 37.8 Å². The third-order valence-electron chi connectivity index (χ3n) is 2.81. The lowest BCUT2D eigenvalue weighted by atomic mass is 10.1. The van der Waals surface area contributed by atoms with Crippen LogP contribution < -0.4 is 10.6 Å². The van der Waals surface area contributed by atoms with Crippen LogP contribution in [-0.2, 0) is 6.42 Å². The van der Waals surface area contributed by atoms with Gasteiger partial charge in [0.05, 0.1) is 0 Å². The van der Waals surface area contributed by atoms with Gasteiger partial charge in [0, 0.05) is 19.2 Å². The van der Waals surface area contributed by atoms with Crippen LogP contribution in [0.25, 0.3) is 0 Å². The maximum absolute atomic E-state index is 13.3. The average molecular weight is 268 g/mol. The highest BCUT2D eigenvalue weighted by Gasteiger charge is 2.06. The predicted octanol–water partition coefficient (Wildman–Crippen LogP) is 1.83. The van der Waals surface area contributed by atoms with Crippen molar-refractivity contribution >= 4 is 6.03 Å². The van der Waals surface area contributed by atoms with Crippen molar-refractivity contribution in [3.63, 3.8) is 0 Å². The molecule has 0 heterocycles. The Morgan fingerprint density at radius 3 is 2.84 bits per heavy atom. The Labute approximate surface area is 113 Å². The van der Waals surface area contributed by atoms with Gasteiger partial charge in [0.2, 0.25) is 0 Å². The van der Waals surface area contributed by atoms with Crippen LogP contribution in [0.1, 0.15) is 25.3 Å². The summed E-state index contributed by atoms with van der Waals surface area (Å²) in [5, 5.41) is 14.1. The van der Waals surface area contributed by atoms with Gasteiger partial charge in [0.1, 0.15) is 5.82 Å². The lowest BCUT2D eigenvalue weighted by Crippen LogP contribution is -2.41. The van der Waals surface area contributed by atoms with Crippen LogP contribution >= 0.6 is 0 Å². The van der Waals surface area contributed by atoms with Gasteiger partial charge in [-0.25, -0.2) is 9.18 Å². The molecule has 1 aromatic rings. The summed E-state index contributed by atoms with van der Waals surface area (Å²) in [5.41, 5.74) is 0.594. The first-order chi connectivity index (χ1) is 9.13. The number of carbonyl (C=O) groups excluding carboxylic acids is 1. The van der Waals surface area contributed by atoms with Gasteiger partial charge in [-0.2, -0.15) is 0 Å². The first-order valence-corrected chi connectivity index (χ1v) is 6.52. The maximum Gasteiger partial charge on any atom is 0.315 e. The minimum Gasteiger partial charge on any atom is -0.396 e. The standard InChI is InChI=1S/C14H21FN2O2/c1-11(5-4-10-18)17-14(19)16-9-8-12-6-2-3-7-13(12)15/h2-3,6-7,11,18H,4-5,8-10H2,1H3,(H2,16,17,19). The highest BCUT2D eigenvalue weighted by molar-refractivity contribution is 5.74. The third-order valence-corrected chi connectivity index (χ3v) is 2.81. The fourth-order valence-electron chi connectivity index (χ4n) is 1.76. The summed E-state index contributed by atoms with van der Waals surface area (Å²) in [4.78, 5) is 11.5. The van der Waals surface area contributed by atoms with Crippen molar-refractivity contribution in [2.45, 2.75) is 32.2 Å². The number of hydrogen-bond acceptors (Lipinski definition) is 2. The molecule has 0 aliphatic heterocycles. The first-order valence-electron chi connectivity index (χ1n) is 6.52. The van der Waals surface area contributed by atoms with Gasteiger partial charge >= 0.3 is 6.03 Å². The molecule has 0 fully saturated rings. The lowest BCUT2D eigenvalue weighted by molar-refractivity contribution is 0.234. The van der Waals surface area contributed by atoms with E-state index in [9.17, 15) is 9.18 Å². The van der Waals surface area contributed by atoms with Gasteiger partial charge in [-0.15, -0.1) is 0 Å². The van der Waals surface area contributed by atoms with E-state index in [0.29, 0.717) is 24.9 Å². The van der Waals surface area contributed by atoms with E-state index >= 15 is 0 Å². The number of carbonyl (C=O) groups is 1. The Balaban J connectivity index is 2.22. The minimum absolute atomic E-state index is 0.0145. The molecule has 1 atom stereocenters. The molecule has 2 amide bonds. The molecule has 19 heavy (non-hydrogen) atoms. The Bertz CT molecular complexity index is 399. The molecule has 0 spiro atoms. The van der Waals surface area contributed by atoms with E-state index in [1.807, 2.05) is 6.92 Å². The lowest BCUT2D eigenvalue weighted by Gasteiger charge is -2.14. The molecule has 1 aromatic carbocycles. The molecule has 0 saturated heterocycles. The topological polar surface area (TPSA) is 61.4 Å². The SMILES string of the molecule is CC(CCCO)NC(=O)NCCc1ccccc1F. The van der Waals surface area contributed by atoms with Gasteiger partial charge in [-0.3, -0.25) is 0 Å². The van der Waals surface area contributed by atoms with Crippen molar-refractivity contribution in [3.05, 3.63) is 35.6 Å². The number of amides is 2. The summed E-state index contributed by atoms with van der Waals surface area (Å²) in [6.07, 6.45) is 1.86. The van der Waals surface area contributed by atoms with Crippen LogP contribution in [-0.4, -0.2) is 30.3 Å². The molecule has 0 radical (unpaired) electrons. The van der Waals surface area contributed by atoms with Gasteiger partial charge < -0.3 is 15.7 Å². The number of hydrogen-bond donors (Lipinski definition) is 3. The smallest absolute Gasteiger partial charge is 0.315 e. The van der Waals surface area contributed by atoms with Crippen LogP contribution in [0.4, 0.5) is 9.18 Å². The highest BCUT2D eigenvalue weighted by Crippen LogP contribution is 2.06.